The van der Waals surface area contributed by atoms with Crippen molar-refractivity contribution in [3.8, 4) is 0 Å². The minimum Gasteiger partial charge on any atom is -0.348 e. The molecule has 3 rings (SSSR count). The summed E-state index contributed by atoms with van der Waals surface area (Å²) < 4.78 is 25.1. The lowest BCUT2D eigenvalue weighted by atomic mass is 10.1. The van der Waals surface area contributed by atoms with Gasteiger partial charge in [0.25, 0.3) is 5.91 Å². The van der Waals surface area contributed by atoms with Gasteiger partial charge >= 0.3 is 0 Å². The smallest absolute Gasteiger partial charge is 0.254 e. The van der Waals surface area contributed by atoms with E-state index in [-0.39, 0.29) is 11.7 Å². The Morgan fingerprint density at radius 2 is 1.77 bits per heavy atom. The van der Waals surface area contributed by atoms with Gasteiger partial charge in [-0.3, -0.25) is 4.79 Å². The molecule has 156 valence electrons. The largest absolute Gasteiger partial charge is 0.348 e. The fourth-order valence-electron chi connectivity index (χ4n) is 2.89. The highest BCUT2D eigenvalue weighted by Crippen LogP contribution is 2.22. The normalized spacial score (nSPS) is 11.3. The van der Waals surface area contributed by atoms with E-state index in [4.69, 9.17) is 0 Å². The molecule has 0 aliphatic rings. The molecule has 0 atom stereocenters. The Bertz CT molecular complexity index is 1130. The minimum atomic E-state index is -3.38. The summed E-state index contributed by atoms with van der Waals surface area (Å²) in [5.41, 5.74) is 3.61. The third-order valence-corrected chi connectivity index (χ3v) is 7.52. The zero-order chi connectivity index (χ0) is 21.6. The van der Waals surface area contributed by atoms with Gasteiger partial charge in [0.1, 0.15) is 5.03 Å². The van der Waals surface area contributed by atoms with Crippen LogP contribution in [0.25, 0.3) is 0 Å². The summed E-state index contributed by atoms with van der Waals surface area (Å²) >= 11 is 1.27. The Balaban J connectivity index is 1.62. The van der Waals surface area contributed by atoms with Crippen LogP contribution in [-0.2, 0) is 16.4 Å². The first-order valence-electron chi connectivity index (χ1n) is 9.56. The van der Waals surface area contributed by atoms with E-state index in [0.29, 0.717) is 27.8 Å². The molecule has 0 spiro atoms. The number of nitrogens with one attached hydrogen (secondary N) is 1. The molecule has 1 aromatic heterocycles. The summed E-state index contributed by atoms with van der Waals surface area (Å²) in [5.74, 6) is 0.0565. The zero-order valence-electron chi connectivity index (χ0n) is 17.0. The lowest BCUT2D eigenvalue weighted by Gasteiger charge is -2.10. The number of benzene rings is 2. The van der Waals surface area contributed by atoms with E-state index in [1.165, 1.54) is 11.8 Å². The predicted octanol–water partition coefficient (Wildman–Crippen LogP) is 4.19. The maximum absolute atomic E-state index is 12.7. The number of hydrogen-bond acceptors (Lipinski definition) is 5. The van der Waals surface area contributed by atoms with Gasteiger partial charge in [-0.2, -0.15) is 0 Å². The second-order valence-corrected chi connectivity index (χ2v) is 10.2. The van der Waals surface area contributed by atoms with Gasteiger partial charge in [0.05, 0.1) is 16.2 Å². The topological polar surface area (TPSA) is 76.1 Å². The minimum absolute atomic E-state index is 0.0261. The molecule has 0 radical (unpaired) electrons. The van der Waals surface area contributed by atoms with Crippen molar-refractivity contribution in [2.45, 2.75) is 30.3 Å². The summed E-state index contributed by atoms with van der Waals surface area (Å²) in [5, 5.41) is 3.44. The molecule has 30 heavy (non-hydrogen) atoms. The average Bonchev–Trinajstić information content (AvgIpc) is 2.73. The van der Waals surface area contributed by atoms with Gasteiger partial charge in [-0.05, 0) is 43.7 Å². The van der Waals surface area contributed by atoms with Gasteiger partial charge in [0, 0.05) is 18.5 Å². The van der Waals surface area contributed by atoms with Gasteiger partial charge in [-0.25, -0.2) is 13.4 Å². The number of carbonyl (C=O) groups excluding carboxylic acids is 1. The van der Waals surface area contributed by atoms with Crippen molar-refractivity contribution in [1.82, 2.24) is 10.3 Å². The van der Waals surface area contributed by atoms with Crippen molar-refractivity contribution in [3.63, 3.8) is 0 Å². The molecule has 0 bridgehead atoms. The van der Waals surface area contributed by atoms with Crippen molar-refractivity contribution >= 4 is 27.5 Å². The van der Waals surface area contributed by atoms with Crippen LogP contribution in [0.4, 0.5) is 0 Å². The summed E-state index contributed by atoms with van der Waals surface area (Å²) in [6.45, 7) is 4.34. The third-order valence-electron chi connectivity index (χ3n) is 4.52. The molecule has 5 nitrogen and oxygen atoms in total. The Hall–Kier alpha value is -2.64. The van der Waals surface area contributed by atoms with E-state index >= 15 is 0 Å². The van der Waals surface area contributed by atoms with Gasteiger partial charge < -0.3 is 5.32 Å². The summed E-state index contributed by atoms with van der Waals surface area (Å²) in [6, 6.07) is 18.2. The van der Waals surface area contributed by atoms with Crippen LogP contribution >= 0.6 is 11.8 Å². The number of aryl methyl sites for hydroxylation is 2. The summed E-state index contributed by atoms with van der Waals surface area (Å²) in [6.07, 6.45) is 1.61. The number of aromatic nitrogens is 1. The van der Waals surface area contributed by atoms with E-state index < -0.39 is 9.84 Å². The highest BCUT2D eigenvalue weighted by Gasteiger charge is 2.17. The number of sulfone groups is 1. The predicted molar refractivity (Wildman–Crippen MR) is 121 cm³/mol. The molecule has 0 saturated carbocycles. The van der Waals surface area contributed by atoms with Gasteiger partial charge in [-0.1, -0.05) is 47.5 Å². The maximum atomic E-state index is 12.7. The molecule has 0 aliphatic carbocycles. The maximum Gasteiger partial charge on any atom is 0.254 e. The molecule has 0 aliphatic heterocycles. The van der Waals surface area contributed by atoms with Crippen LogP contribution in [0.3, 0.4) is 0 Å². The lowest BCUT2D eigenvalue weighted by molar-refractivity contribution is 0.0947. The fraction of sp³-hybridized carbons (Fsp3) is 0.217. The van der Waals surface area contributed by atoms with Gasteiger partial charge in [-0.15, -0.1) is 11.8 Å². The second-order valence-electron chi connectivity index (χ2n) is 7.01. The number of carbonyl (C=O) groups is 1. The molecule has 1 heterocycles. The van der Waals surface area contributed by atoms with Crippen molar-refractivity contribution in [3.05, 3.63) is 89.1 Å². The molecule has 3 aromatic rings. The number of hydrogen-bond donors (Lipinski definition) is 1. The number of pyridine rings is 1. The first kappa shape index (κ1) is 22.1. The van der Waals surface area contributed by atoms with Crippen LogP contribution in [-0.4, -0.2) is 30.8 Å². The molecule has 0 unspecified atom stereocenters. The number of amides is 1. The number of nitrogens with zero attached hydrogens (tertiary/aromatic N) is 1. The van der Waals surface area contributed by atoms with E-state index in [1.54, 1.807) is 42.6 Å². The van der Waals surface area contributed by atoms with Crippen molar-refractivity contribution in [2.24, 2.45) is 0 Å². The average molecular weight is 441 g/mol. The SMILES string of the molecule is Cc1ccc(S(=O)(=O)CCSc2ncccc2C(=O)NCc2cccc(C)c2)cc1. The first-order valence-corrected chi connectivity index (χ1v) is 12.2. The molecule has 1 amide bonds. The van der Waals surface area contributed by atoms with Crippen LogP contribution in [0.15, 0.2) is 76.8 Å². The summed E-state index contributed by atoms with van der Waals surface area (Å²) in [4.78, 5) is 17.2. The van der Waals surface area contributed by atoms with Gasteiger partial charge in [0.15, 0.2) is 9.84 Å². The van der Waals surface area contributed by atoms with Crippen LogP contribution in [0.5, 0.6) is 0 Å². The molecule has 7 heteroatoms. The Morgan fingerprint density at radius 1 is 1.00 bits per heavy atom. The fourth-order valence-corrected chi connectivity index (χ4v) is 5.53. The Labute approximate surface area is 181 Å². The van der Waals surface area contributed by atoms with Crippen LogP contribution in [0.1, 0.15) is 27.0 Å². The van der Waals surface area contributed by atoms with Crippen LogP contribution in [0.2, 0.25) is 0 Å². The molecule has 0 fully saturated rings. The van der Waals surface area contributed by atoms with E-state index in [2.05, 4.69) is 10.3 Å². The van der Waals surface area contributed by atoms with Crippen LogP contribution < -0.4 is 5.32 Å². The molecule has 0 saturated heterocycles. The molecule has 1 N–H and O–H groups in total. The van der Waals surface area contributed by atoms with Crippen molar-refractivity contribution < 1.29 is 13.2 Å². The molecule has 2 aromatic carbocycles. The van der Waals surface area contributed by atoms with E-state index in [1.807, 2.05) is 38.1 Å². The highest BCUT2D eigenvalue weighted by molar-refractivity contribution is 8.00. The third kappa shape index (κ3) is 5.93. The first-order chi connectivity index (χ1) is 14.3. The highest BCUT2D eigenvalue weighted by atomic mass is 32.2. The van der Waals surface area contributed by atoms with Crippen molar-refractivity contribution in [1.29, 1.82) is 0 Å². The van der Waals surface area contributed by atoms with E-state index in [0.717, 1.165) is 16.7 Å². The Kier molecular flexibility index (Phi) is 7.29. The second kappa shape index (κ2) is 9.91. The Morgan fingerprint density at radius 3 is 2.50 bits per heavy atom. The number of thioether (sulfide) groups is 1. The molecular formula is C23H24N2O3S2. The number of rotatable bonds is 8. The quantitative estimate of drug-likeness (QED) is 0.532. The zero-order valence-corrected chi connectivity index (χ0v) is 18.6. The standard InChI is InChI=1S/C23H24N2O3S2/c1-17-8-10-20(11-9-17)30(27,28)14-13-29-23-21(7-4-12-24-23)22(26)25-16-19-6-3-5-18(2)15-19/h3-12,15H,13-14,16H2,1-2H3,(H,25,26). The monoisotopic (exact) mass is 440 g/mol. The van der Waals surface area contributed by atoms with Gasteiger partial charge in [0.2, 0.25) is 0 Å². The van der Waals surface area contributed by atoms with Crippen molar-refractivity contribution in [2.75, 3.05) is 11.5 Å². The molecular weight excluding hydrogens is 416 g/mol. The lowest BCUT2D eigenvalue weighted by Crippen LogP contribution is -2.23. The van der Waals surface area contributed by atoms with E-state index in [9.17, 15) is 13.2 Å². The summed E-state index contributed by atoms with van der Waals surface area (Å²) in [7, 11) is -3.38. The van der Waals surface area contributed by atoms with Crippen LogP contribution in [0, 0.1) is 13.8 Å².